The summed E-state index contributed by atoms with van der Waals surface area (Å²) >= 11 is 0. The fraction of sp³-hybridized carbons (Fsp3) is 0.200. The second-order valence-corrected chi connectivity index (χ2v) is 5.92. The highest BCUT2D eigenvalue weighted by molar-refractivity contribution is 5.87. The number of fused-ring (bicyclic) bond motifs is 1. The van der Waals surface area contributed by atoms with Crippen molar-refractivity contribution in [3.63, 3.8) is 0 Å². The van der Waals surface area contributed by atoms with Crippen LogP contribution in [0, 0.1) is 20.8 Å². The molecule has 1 unspecified atom stereocenters. The van der Waals surface area contributed by atoms with Crippen molar-refractivity contribution in [1.82, 2.24) is 0 Å². The van der Waals surface area contributed by atoms with E-state index in [1.165, 1.54) is 38.6 Å². The lowest BCUT2D eigenvalue weighted by Gasteiger charge is -2.19. The van der Waals surface area contributed by atoms with E-state index in [-0.39, 0.29) is 6.04 Å². The molecule has 0 heterocycles. The standard InChI is InChI=1S/C20H21N/c1-13-10-14(2)12-17(11-13)20(21)19-15(3)8-9-16-6-4-5-7-18(16)19/h4-12,20H,21H2,1-3H3. The summed E-state index contributed by atoms with van der Waals surface area (Å²) in [7, 11) is 0. The van der Waals surface area contributed by atoms with Gasteiger partial charge in [-0.3, -0.25) is 0 Å². The van der Waals surface area contributed by atoms with Crippen LogP contribution in [0.15, 0.2) is 54.6 Å². The second kappa shape index (κ2) is 5.34. The van der Waals surface area contributed by atoms with Crippen LogP contribution in [0.25, 0.3) is 10.8 Å². The molecular formula is C20H21N. The van der Waals surface area contributed by atoms with E-state index >= 15 is 0 Å². The first-order valence-electron chi connectivity index (χ1n) is 7.38. The zero-order valence-electron chi connectivity index (χ0n) is 12.9. The van der Waals surface area contributed by atoms with Crippen molar-refractivity contribution in [3.8, 4) is 0 Å². The lowest BCUT2D eigenvalue weighted by Crippen LogP contribution is -2.14. The monoisotopic (exact) mass is 275 g/mol. The molecule has 0 spiro atoms. The van der Waals surface area contributed by atoms with Crippen LogP contribution in [-0.4, -0.2) is 0 Å². The largest absolute Gasteiger partial charge is 0.320 e. The third-order valence-corrected chi connectivity index (χ3v) is 4.10. The number of nitrogens with two attached hydrogens (primary N) is 1. The summed E-state index contributed by atoms with van der Waals surface area (Å²) < 4.78 is 0. The minimum Gasteiger partial charge on any atom is -0.320 e. The summed E-state index contributed by atoms with van der Waals surface area (Å²) in [4.78, 5) is 0. The van der Waals surface area contributed by atoms with Crippen molar-refractivity contribution in [3.05, 3.63) is 82.4 Å². The number of rotatable bonds is 2. The summed E-state index contributed by atoms with van der Waals surface area (Å²) in [6.07, 6.45) is 0. The van der Waals surface area contributed by atoms with E-state index in [4.69, 9.17) is 5.73 Å². The number of aryl methyl sites for hydroxylation is 3. The molecule has 2 N–H and O–H groups in total. The first kappa shape index (κ1) is 13.8. The van der Waals surface area contributed by atoms with Crippen LogP contribution in [0.4, 0.5) is 0 Å². The Kier molecular flexibility index (Phi) is 3.52. The van der Waals surface area contributed by atoms with Gasteiger partial charge in [-0.2, -0.15) is 0 Å². The van der Waals surface area contributed by atoms with E-state index in [2.05, 4.69) is 75.4 Å². The third kappa shape index (κ3) is 2.57. The number of hydrogen-bond acceptors (Lipinski definition) is 1. The Labute approximate surface area is 126 Å². The van der Waals surface area contributed by atoms with E-state index in [1.807, 2.05) is 0 Å². The fourth-order valence-electron chi connectivity index (χ4n) is 3.17. The van der Waals surface area contributed by atoms with Gasteiger partial charge in [-0.05, 0) is 48.2 Å². The lowest BCUT2D eigenvalue weighted by atomic mass is 9.89. The maximum atomic E-state index is 6.62. The molecule has 1 nitrogen and oxygen atoms in total. The molecule has 3 rings (SSSR count). The molecule has 1 heteroatoms. The van der Waals surface area contributed by atoms with E-state index in [9.17, 15) is 0 Å². The van der Waals surface area contributed by atoms with Crippen LogP contribution in [0.1, 0.15) is 33.9 Å². The molecule has 3 aromatic rings. The van der Waals surface area contributed by atoms with Crippen LogP contribution >= 0.6 is 0 Å². The van der Waals surface area contributed by atoms with Crippen molar-refractivity contribution in [2.45, 2.75) is 26.8 Å². The normalized spacial score (nSPS) is 12.6. The molecule has 0 saturated carbocycles. The maximum Gasteiger partial charge on any atom is 0.0560 e. The van der Waals surface area contributed by atoms with Gasteiger partial charge in [-0.25, -0.2) is 0 Å². The van der Waals surface area contributed by atoms with E-state index in [0.717, 1.165) is 0 Å². The van der Waals surface area contributed by atoms with Crippen LogP contribution in [-0.2, 0) is 0 Å². The molecule has 3 aromatic carbocycles. The summed E-state index contributed by atoms with van der Waals surface area (Å²) in [5.74, 6) is 0. The highest BCUT2D eigenvalue weighted by atomic mass is 14.6. The van der Waals surface area contributed by atoms with Crippen molar-refractivity contribution in [2.75, 3.05) is 0 Å². The number of hydrogen-bond donors (Lipinski definition) is 1. The number of benzene rings is 3. The SMILES string of the molecule is Cc1cc(C)cc(C(N)c2c(C)ccc3ccccc23)c1. The Morgan fingerprint density at radius 1 is 0.810 bits per heavy atom. The Balaban J connectivity index is 2.21. The van der Waals surface area contributed by atoms with Crippen LogP contribution in [0.2, 0.25) is 0 Å². The van der Waals surface area contributed by atoms with E-state index in [1.54, 1.807) is 0 Å². The summed E-state index contributed by atoms with van der Waals surface area (Å²) in [5, 5.41) is 2.50. The predicted molar refractivity (Wildman–Crippen MR) is 90.6 cm³/mol. The molecule has 0 aliphatic heterocycles. The second-order valence-electron chi connectivity index (χ2n) is 5.92. The van der Waals surface area contributed by atoms with Crippen molar-refractivity contribution in [2.24, 2.45) is 5.73 Å². The van der Waals surface area contributed by atoms with Gasteiger partial charge in [0, 0.05) is 0 Å². The van der Waals surface area contributed by atoms with Gasteiger partial charge in [0.15, 0.2) is 0 Å². The van der Waals surface area contributed by atoms with Crippen LogP contribution in [0.3, 0.4) is 0 Å². The van der Waals surface area contributed by atoms with Gasteiger partial charge in [0.05, 0.1) is 6.04 Å². The van der Waals surface area contributed by atoms with Gasteiger partial charge < -0.3 is 5.73 Å². The Morgan fingerprint density at radius 3 is 2.19 bits per heavy atom. The summed E-state index contributed by atoms with van der Waals surface area (Å²) in [6.45, 7) is 6.39. The average molecular weight is 275 g/mol. The van der Waals surface area contributed by atoms with Crippen LogP contribution in [0.5, 0.6) is 0 Å². The minimum atomic E-state index is -0.0882. The Morgan fingerprint density at radius 2 is 1.48 bits per heavy atom. The quantitative estimate of drug-likeness (QED) is 0.713. The van der Waals surface area contributed by atoms with Gasteiger partial charge in [-0.15, -0.1) is 0 Å². The Hall–Kier alpha value is -2.12. The topological polar surface area (TPSA) is 26.0 Å². The van der Waals surface area contributed by atoms with E-state index < -0.39 is 0 Å². The molecule has 21 heavy (non-hydrogen) atoms. The van der Waals surface area contributed by atoms with Gasteiger partial charge in [0.1, 0.15) is 0 Å². The zero-order chi connectivity index (χ0) is 15.0. The fourth-order valence-corrected chi connectivity index (χ4v) is 3.17. The Bertz CT molecular complexity index is 782. The minimum absolute atomic E-state index is 0.0882. The van der Waals surface area contributed by atoms with Crippen molar-refractivity contribution >= 4 is 10.8 Å². The average Bonchev–Trinajstić information content (AvgIpc) is 2.45. The van der Waals surface area contributed by atoms with Gasteiger partial charge in [0.25, 0.3) is 0 Å². The molecule has 0 aliphatic carbocycles. The molecule has 0 amide bonds. The molecule has 0 bridgehead atoms. The van der Waals surface area contributed by atoms with Gasteiger partial charge in [-0.1, -0.05) is 65.7 Å². The summed E-state index contributed by atoms with van der Waals surface area (Å²) in [6, 6.07) is 19.3. The summed E-state index contributed by atoms with van der Waals surface area (Å²) in [5.41, 5.74) is 12.8. The molecule has 0 saturated heterocycles. The highest BCUT2D eigenvalue weighted by Crippen LogP contribution is 2.31. The van der Waals surface area contributed by atoms with Gasteiger partial charge in [0.2, 0.25) is 0 Å². The lowest BCUT2D eigenvalue weighted by molar-refractivity contribution is 0.868. The molecule has 0 aromatic heterocycles. The molecule has 1 atom stereocenters. The maximum absolute atomic E-state index is 6.62. The first-order valence-corrected chi connectivity index (χ1v) is 7.38. The van der Waals surface area contributed by atoms with Crippen LogP contribution < -0.4 is 5.73 Å². The molecule has 0 aliphatic rings. The smallest absolute Gasteiger partial charge is 0.0560 e. The molecule has 0 radical (unpaired) electrons. The van der Waals surface area contributed by atoms with E-state index in [0.29, 0.717) is 0 Å². The molecule has 106 valence electrons. The zero-order valence-corrected chi connectivity index (χ0v) is 12.9. The third-order valence-electron chi connectivity index (χ3n) is 4.10. The molecular weight excluding hydrogens is 254 g/mol. The van der Waals surface area contributed by atoms with Gasteiger partial charge >= 0.3 is 0 Å². The van der Waals surface area contributed by atoms with Crippen molar-refractivity contribution < 1.29 is 0 Å². The first-order chi connectivity index (χ1) is 10.1. The highest BCUT2D eigenvalue weighted by Gasteiger charge is 2.15. The molecule has 0 fully saturated rings. The predicted octanol–water partition coefficient (Wildman–Crippen LogP) is 4.81. The van der Waals surface area contributed by atoms with Crippen molar-refractivity contribution in [1.29, 1.82) is 0 Å².